The van der Waals surface area contributed by atoms with Crippen LogP contribution in [0, 0.1) is 13.8 Å². The zero-order valence-electron chi connectivity index (χ0n) is 12.2. The van der Waals surface area contributed by atoms with Gasteiger partial charge >= 0.3 is 0 Å². The van der Waals surface area contributed by atoms with Gasteiger partial charge in [0.05, 0.1) is 19.8 Å². The largest absolute Gasteiger partial charge is 0.496 e. The van der Waals surface area contributed by atoms with E-state index < -0.39 is 6.10 Å². The second kappa shape index (κ2) is 7.48. The minimum absolute atomic E-state index is 0.0200. The average molecular weight is 267 g/mol. The van der Waals surface area contributed by atoms with Gasteiger partial charge in [-0.1, -0.05) is 18.6 Å². The standard InChI is InChI=1S/C15H25NO3/c1-5-12(9-17)16-8-14(18)13-7-10(2)6-11(3)15(13)19-4/h6-7,12,14,16-18H,5,8-9H2,1-4H3. The summed E-state index contributed by atoms with van der Waals surface area (Å²) in [6.07, 6.45) is 0.182. The lowest BCUT2D eigenvalue weighted by atomic mass is 10.0. The van der Waals surface area contributed by atoms with Crippen LogP contribution in [0.5, 0.6) is 5.75 Å². The first-order valence-corrected chi connectivity index (χ1v) is 6.70. The molecule has 0 aliphatic rings. The van der Waals surface area contributed by atoms with E-state index in [1.54, 1.807) is 7.11 Å². The van der Waals surface area contributed by atoms with Crippen LogP contribution in [0.1, 0.15) is 36.1 Å². The van der Waals surface area contributed by atoms with Gasteiger partial charge in [-0.15, -0.1) is 0 Å². The Bertz CT molecular complexity index is 403. The number of aliphatic hydroxyl groups excluding tert-OH is 2. The molecule has 1 aromatic carbocycles. The maximum Gasteiger partial charge on any atom is 0.127 e. The average Bonchev–Trinajstić information content (AvgIpc) is 2.38. The number of hydrogen-bond acceptors (Lipinski definition) is 4. The van der Waals surface area contributed by atoms with Crippen molar-refractivity contribution >= 4 is 0 Å². The van der Waals surface area contributed by atoms with Crippen molar-refractivity contribution in [1.82, 2.24) is 5.32 Å². The molecule has 0 fully saturated rings. The molecular weight excluding hydrogens is 242 g/mol. The van der Waals surface area contributed by atoms with Gasteiger partial charge in [0.1, 0.15) is 5.75 Å². The van der Waals surface area contributed by atoms with Gasteiger partial charge in [0.15, 0.2) is 0 Å². The molecule has 0 saturated heterocycles. The van der Waals surface area contributed by atoms with Crippen LogP contribution in [0.3, 0.4) is 0 Å². The van der Waals surface area contributed by atoms with E-state index in [-0.39, 0.29) is 12.6 Å². The molecular formula is C15H25NO3. The number of aryl methyl sites for hydroxylation is 2. The second-order valence-corrected chi connectivity index (χ2v) is 4.92. The molecule has 0 radical (unpaired) electrons. The Kier molecular flexibility index (Phi) is 6.28. The quantitative estimate of drug-likeness (QED) is 0.704. The van der Waals surface area contributed by atoms with E-state index in [9.17, 15) is 5.11 Å². The van der Waals surface area contributed by atoms with Crippen molar-refractivity contribution in [2.24, 2.45) is 0 Å². The van der Waals surface area contributed by atoms with E-state index >= 15 is 0 Å². The highest BCUT2D eigenvalue weighted by Crippen LogP contribution is 2.29. The molecule has 1 aromatic rings. The third kappa shape index (κ3) is 4.20. The molecule has 0 aromatic heterocycles. The molecule has 19 heavy (non-hydrogen) atoms. The number of ether oxygens (including phenoxy) is 1. The molecule has 4 nitrogen and oxygen atoms in total. The highest BCUT2D eigenvalue weighted by molar-refractivity contribution is 5.45. The lowest BCUT2D eigenvalue weighted by Gasteiger charge is -2.20. The third-order valence-electron chi connectivity index (χ3n) is 3.32. The molecule has 108 valence electrons. The first-order chi connectivity index (χ1) is 9.03. The van der Waals surface area contributed by atoms with Gasteiger partial charge in [-0.2, -0.15) is 0 Å². The summed E-state index contributed by atoms with van der Waals surface area (Å²) in [6.45, 7) is 6.44. The number of aliphatic hydroxyl groups is 2. The van der Waals surface area contributed by atoms with Crippen LogP contribution in [0.2, 0.25) is 0 Å². The van der Waals surface area contributed by atoms with Crippen molar-refractivity contribution in [2.75, 3.05) is 20.3 Å². The zero-order valence-corrected chi connectivity index (χ0v) is 12.2. The molecule has 0 amide bonds. The number of hydrogen-bond donors (Lipinski definition) is 3. The maximum atomic E-state index is 10.3. The van der Waals surface area contributed by atoms with Crippen LogP contribution in [-0.2, 0) is 0 Å². The van der Waals surface area contributed by atoms with Crippen molar-refractivity contribution in [3.8, 4) is 5.75 Å². The molecule has 0 bridgehead atoms. The Morgan fingerprint density at radius 1 is 1.32 bits per heavy atom. The van der Waals surface area contributed by atoms with E-state index in [4.69, 9.17) is 9.84 Å². The number of rotatable bonds is 7. The summed E-state index contributed by atoms with van der Waals surface area (Å²) < 4.78 is 5.37. The van der Waals surface area contributed by atoms with Crippen LogP contribution in [-0.4, -0.2) is 36.5 Å². The fourth-order valence-corrected chi connectivity index (χ4v) is 2.24. The lowest BCUT2D eigenvalue weighted by molar-refractivity contribution is 0.154. The summed E-state index contributed by atoms with van der Waals surface area (Å²) in [5.41, 5.74) is 2.91. The number of nitrogens with one attached hydrogen (secondary N) is 1. The summed E-state index contributed by atoms with van der Waals surface area (Å²) in [4.78, 5) is 0. The van der Waals surface area contributed by atoms with Gasteiger partial charge in [-0.05, 0) is 31.9 Å². The van der Waals surface area contributed by atoms with E-state index in [1.165, 1.54) is 0 Å². The second-order valence-electron chi connectivity index (χ2n) is 4.92. The molecule has 0 spiro atoms. The molecule has 0 saturated carbocycles. The van der Waals surface area contributed by atoms with Crippen LogP contribution in [0.25, 0.3) is 0 Å². The van der Waals surface area contributed by atoms with Crippen molar-refractivity contribution in [1.29, 1.82) is 0 Å². The van der Waals surface area contributed by atoms with Gasteiger partial charge < -0.3 is 20.3 Å². The van der Waals surface area contributed by atoms with Gasteiger partial charge in [0.25, 0.3) is 0 Å². The van der Waals surface area contributed by atoms with Crippen molar-refractivity contribution < 1.29 is 14.9 Å². The van der Waals surface area contributed by atoms with Crippen LogP contribution in [0.15, 0.2) is 12.1 Å². The molecule has 0 aliphatic heterocycles. The van der Waals surface area contributed by atoms with Gasteiger partial charge in [-0.25, -0.2) is 0 Å². The number of benzene rings is 1. The summed E-state index contributed by atoms with van der Waals surface area (Å²) in [5, 5.41) is 22.6. The maximum absolute atomic E-state index is 10.3. The Morgan fingerprint density at radius 3 is 2.53 bits per heavy atom. The molecule has 0 heterocycles. The van der Waals surface area contributed by atoms with Crippen molar-refractivity contribution in [3.05, 3.63) is 28.8 Å². The minimum Gasteiger partial charge on any atom is -0.496 e. The smallest absolute Gasteiger partial charge is 0.127 e. The molecule has 4 heteroatoms. The Balaban J connectivity index is 2.84. The van der Waals surface area contributed by atoms with Gasteiger partial charge in [0.2, 0.25) is 0 Å². The van der Waals surface area contributed by atoms with E-state index in [2.05, 4.69) is 5.32 Å². The lowest BCUT2D eigenvalue weighted by Crippen LogP contribution is -2.35. The van der Waals surface area contributed by atoms with Gasteiger partial charge in [0, 0.05) is 18.2 Å². The summed E-state index contributed by atoms with van der Waals surface area (Å²) >= 11 is 0. The summed E-state index contributed by atoms with van der Waals surface area (Å²) in [6, 6.07) is 4.00. The van der Waals surface area contributed by atoms with Crippen LogP contribution in [0.4, 0.5) is 0 Å². The topological polar surface area (TPSA) is 61.7 Å². The summed E-state index contributed by atoms with van der Waals surface area (Å²) in [7, 11) is 1.61. The molecule has 3 N–H and O–H groups in total. The van der Waals surface area contributed by atoms with Crippen molar-refractivity contribution in [2.45, 2.75) is 39.3 Å². The number of methoxy groups -OCH3 is 1. The van der Waals surface area contributed by atoms with Crippen LogP contribution < -0.4 is 10.1 Å². The highest BCUT2D eigenvalue weighted by Gasteiger charge is 2.17. The highest BCUT2D eigenvalue weighted by atomic mass is 16.5. The van der Waals surface area contributed by atoms with Gasteiger partial charge in [-0.3, -0.25) is 0 Å². The van der Waals surface area contributed by atoms with E-state index in [1.807, 2.05) is 32.9 Å². The fourth-order valence-electron chi connectivity index (χ4n) is 2.24. The third-order valence-corrected chi connectivity index (χ3v) is 3.32. The first-order valence-electron chi connectivity index (χ1n) is 6.70. The minimum atomic E-state index is -0.644. The van der Waals surface area contributed by atoms with Crippen molar-refractivity contribution in [3.63, 3.8) is 0 Å². The monoisotopic (exact) mass is 267 g/mol. The van der Waals surface area contributed by atoms with Crippen LogP contribution >= 0.6 is 0 Å². The predicted molar refractivity (Wildman–Crippen MR) is 76.6 cm³/mol. The molecule has 1 rings (SSSR count). The SMILES string of the molecule is CCC(CO)NCC(O)c1cc(C)cc(C)c1OC. The molecule has 2 unspecified atom stereocenters. The zero-order chi connectivity index (χ0) is 14.4. The Morgan fingerprint density at radius 2 is 2.00 bits per heavy atom. The van der Waals surface area contributed by atoms with E-state index in [0.717, 1.165) is 28.9 Å². The fraction of sp³-hybridized carbons (Fsp3) is 0.600. The normalized spacial score (nSPS) is 14.2. The first kappa shape index (κ1) is 16.0. The van der Waals surface area contributed by atoms with E-state index in [0.29, 0.717) is 6.54 Å². The molecule has 0 aliphatic carbocycles. The predicted octanol–water partition coefficient (Wildman–Crippen LogP) is 1.71. The Hall–Kier alpha value is -1.10. The summed E-state index contributed by atoms with van der Waals surface area (Å²) in [5.74, 6) is 0.733. The molecule has 2 atom stereocenters. The Labute approximate surface area is 115 Å².